The minimum Gasteiger partial charge on any atom is -0.481 e. The molecule has 3 N–H and O–H groups in total. The number of benzene rings is 1. The largest absolute Gasteiger partial charge is 0.481 e. The number of carbonyl (C=O) groups excluding carboxylic acids is 1. The van der Waals surface area contributed by atoms with Gasteiger partial charge in [-0.25, -0.2) is 0 Å². The number of amides is 1. The second kappa shape index (κ2) is 9.38. The predicted octanol–water partition coefficient (Wildman–Crippen LogP) is 3.27. The first-order valence-corrected chi connectivity index (χ1v) is 8.32. The van der Waals surface area contributed by atoms with E-state index in [1.807, 2.05) is 24.3 Å². The number of carbonyl (C=O) groups is 1. The summed E-state index contributed by atoms with van der Waals surface area (Å²) in [5, 5.41) is 3.10. The van der Waals surface area contributed by atoms with E-state index in [1.54, 1.807) is 6.92 Å². The molecule has 4 nitrogen and oxygen atoms in total. The SMILES string of the molecule is CC(Oc1ccc(Br)cc1)C(=O)NC1CCCCC1CN.Cl. The third kappa shape index (κ3) is 5.45. The van der Waals surface area contributed by atoms with Crippen LogP contribution in [0.1, 0.15) is 32.6 Å². The van der Waals surface area contributed by atoms with Crippen molar-refractivity contribution in [2.75, 3.05) is 6.54 Å². The Bertz CT molecular complexity index is 470. The molecule has 1 aromatic carbocycles. The number of nitrogens with one attached hydrogen (secondary N) is 1. The zero-order valence-electron chi connectivity index (χ0n) is 12.8. The number of halogens is 2. The molecule has 22 heavy (non-hydrogen) atoms. The topological polar surface area (TPSA) is 64.3 Å². The predicted molar refractivity (Wildman–Crippen MR) is 94.4 cm³/mol. The lowest BCUT2D eigenvalue weighted by Gasteiger charge is -2.32. The maximum absolute atomic E-state index is 12.3. The molecule has 0 bridgehead atoms. The van der Waals surface area contributed by atoms with Crippen LogP contribution in [0.3, 0.4) is 0 Å². The monoisotopic (exact) mass is 390 g/mol. The van der Waals surface area contributed by atoms with Crippen LogP contribution in [0, 0.1) is 5.92 Å². The van der Waals surface area contributed by atoms with Gasteiger partial charge in [0.1, 0.15) is 5.75 Å². The van der Waals surface area contributed by atoms with Crippen LogP contribution in [-0.2, 0) is 4.79 Å². The maximum atomic E-state index is 12.3. The van der Waals surface area contributed by atoms with Crippen molar-refractivity contribution in [3.63, 3.8) is 0 Å². The van der Waals surface area contributed by atoms with Crippen LogP contribution in [0.5, 0.6) is 5.75 Å². The van der Waals surface area contributed by atoms with Crippen molar-refractivity contribution in [1.29, 1.82) is 0 Å². The molecule has 1 aromatic rings. The summed E-state index contributed by atoms with van der Waals surface area (Å²) in [5.41, 5.74) is 5.80. The summed E-state index contributed by atoms with van der Waals surface area (Å²) in [6.45, 7) is 2.41. The van der Waals surface area contributed by atoms with E-state index in [1.165, 1.54) is 6.42 Å². The Hall–Kier alpha value is -0.780. The van der Waals surface area contributed by atoms with Gasteiger partial charge in [0.05, 0.1) is 0 Å². The van der Waals surface area contributed by atoms with Crippen molar-refractivity contribution in [3.8, 4) is 5.75 Å². The Labute approximate surface area is 146 Å². The molecule has 0 saturated heterocycles. The number of hydrogen-bond acceptors (Lipinski definition) is 3. The van der Waals surface area contributed by atoms with Crippen LogP contribution in [-0.4, -0.2) is 24.6 Å². The second-order valence-electron chi connectivity index (χ2n) is 5.61. The Morgan fingerprint density at radius 3 is 2.64 bits per heavy atom. The summed E-state index contributed by atoms with van der Waals surface area (Å²) < 4.78 is 6.66. The Kier molecular flexibility index (Phi) is 8.21. The van der Waals surface area contributed by atoms with Crippen molar-refractivity contribution in [2.45, 2.75) is 44.8 Å². The van der Waals surface area contributed by atoms with Crippen LogP contribution in [0.2, 0.25) is 0 Å². The van der Waals surface area contributed by atoms with Gasteiger partial charge in [-0.3, -0.25) is 4.79 Å². The van der Waals surface area contributed by atoms with Gasteiger partial charge in [0, 0.05) is 10.5 Å². The van der Waals surface area contributed by atoms with Crippen molar-refractivity contribution in [1.82, 2.24) is 5.32 Å². The van der Waals surface area contributed by atoms with E-state index in [4.69, 9.17) is 10.5 Å². The highest BCUT2D eigenvalue weighted by Crippen LogP contribution is 2.24. The number of nitrogens with two attached hydrogens (primary N) is 1. The first kappa shape index (κ1) is 19.3. The first-order chi connectivity index (χ1) is 10.1. The van der Waals surface area contributed by atoms with Gasteiger partial charge in [0.2, 0.25) is 0 Å². The summed E-state index contributed by atoms with van der Waals surface area (Å²) in [6.07, 6.45) is 3.97. The fourth-order valence-corrected chi connectivity index (χ4v) is 3.02. The van der Waals surface area contributed by atoms with Gasteiger partial charge in [-0.15, -0.1) is 12.4 Å². The first-order valence-electron chi connectivity index (χ1n) is 7.53. The molecule has 0 aliphatic heterocycles. The summed E-state index contributed by atoms with van der Waals surface area (Å²) in [5.74, 6) is 1.02. The summed E-state index contributed by atoms with van der Waals surface area (Å²) in [4.78, 5) is 12.3. The molecular formula is C16H24BrClN2O2. The fourth-order valence-electron chi connectivity index (χ4n) is 2.75. The molecule has 6 heteroatoms. The molecule has 1 aliphatic rings. The fraction of sp³-hybridized carbons (Fsp3) is 0.562. The molecule has 0 radical (unpaired) electrons. The van der Waals surface area contributed by atoms with Gasteiger partial charge in [0.25, 0.3) is 5.91 Å². The highest BCUT2D eigenvalue weighted by atomic mass is 79.9. The standard InChI is InChI=1S/C16H23BrN2O2.ClH/c1-11(21-14-8-6-13(17)7-9-14)16(20)19-15-5-3-2-4-12(15)10-18;/h6-9,11-12,15H,2-5,10,18H2,1H3,(H,19,20);1H. The normalized spacial score (nSPS) is 22.3. The Balaban J connectivity index is 0.00000242. The molecule has 1 fully saturated rings. The van der Waals surface area contributed by atoms with Crippen molar-refractivity contribution in [2.24, 2.45) is 11.7 Å². The minimum absolute atomic E-state index is 0. The quantitative estimate of drug-likeness (QED) is 0.809. The smallest absolute Gasteiger partial charge is 0.261 e. The third-order valence-electron chi connectivity index (χ3n) is 4.04. The maximum Gasteiger partial charge on any atom is 0.261 e. The van der Waals surface area contributed by atoms with Crippen molar-refractivity contribution >= 4 is 34.2 Å². The molecule has 2 rings (SSSR count). The van der Waals surface area contributed by atoms with Gasteiger partial charge in [-0.2, -0.15) is 0 Å². The van der Waals surface area contributed by atoms with E-state index in [0.717, 1.165) is 23.7 Å². The Morgan fingerprint density at radius 1 is 1.36 bits per heavy atom. The van der Waals surface area contributed by atoms with E-state index in [0.29, 0.717) is 18.2 Å². The highest BCUT2D eigenvalue weighted by Gasteiger charge is 2.27. The third-order valence-corrected chi connectivity index (χ3v) is 4.56. The zero-order valence-corrected chi connectivity index (χ0v) is 15.2. The molecule has 1 aliphatic carbocycles. The molecule has 1 saturated carbocycles. The lowest BCUT2D eigenvalue weighted by molar-refractivity contribution is -0.128. The molecule has 3 atom stereocenters. The van der Waals surface area contributed by atoms with Gasteiger partial charge >= 0.3 is 0 Å². The molecule has 0 spiro atoms. The highest BCUT2D eigenvalue weighted by molar-refractivity contribution is 9.10. The van der Waals surface area contributed by atoms with Crippen LogP contribution in [0.4, 0.5) is 0 Å². The second-order valence-corrected chi connectivity index (χ2v) is 6.52. The van der Waals surface area contributed by atoms with Gasteiger partial charge in [-0.05, 0) is 56.5 Å². The van der Waals surface area contributed by atoms with Gasteiger partial charge in [0.15, 0.2) is 6.10 Å². The number of rotatable bonds is 5. The van der Waals surface area contributed by atoms with E-state index >= 15 is 0 Å². The molecule has 124 valence electrons. The van der Waals surface area contributed by atoms with E-state index in [9.17, 15) is 4.79 Å². The Morgan fingerprint density at radius 2 is 2.00 bits per heavy atom. The van der Waals surface area contributed by atoms with Crippen LogP contribution in [0.25, 0.3) is 0 Å². The van der Waals surface area contributed by atoms with E-state index < -0.39 is 6.10 Å². The minimum atomic E-state index is -0.508. The van der Waals surface area contributed by atoms with Crippen LogP contribution < -0.4 is 15.8 Å². The van der Waals surface area contributed by atoms with Gasteiger partial charge in [-0.1, -0.05) is 28.8 Å². The molecule has 3 unspecified atom stereocenters. The van der Waals surface area contributed by atoms with Crippen LogP contribution in [0.15, 0.2) is 28.7 Å². The van der Waals surface area contributed by atoms with E-state index in [2.05, 4.69) is 21.2 Å². The van der Waals surface area contributed by atoms with Crippen molar-refractivity contribution < 1.29 is 9.53 Å². The molecular weight excluding hydrogens is 368 g/mol. The average Bonchev–Trinajstić information content (AvgIpc) is 2.50. The molecule has 1 amide bonds. The summed E-state index contributed by atoms with van der Waals surface area (Å²) in [6, 6.07) is 7.66. The van der Waals surface area contributed by atoms with Gasteiger partial charge < -0.3 is 15.8 Å². The van der Waals surface area contributed by atoms with Crippen molar-refractivity contribution in [3.05, 3.63) is 28.7 Å². The summed E-state index contributed by atoms with van der Waals surface area (Å²) in [7, 11) is 0. The molecule has 0 aromatic heterocycles. The lowest BCUT2D eigenvalue weighted by Crippen LogP contribution is -2.48. The van der Waals surface area contributed by atoms with Crippen LogP contribution >= 0.6 is 28.3 Å². The number of ether oxygens (including phenoxy) is 1. The zero-order chi connectivity index (χ0) is 15.2. The number of hydrogen-bond donors (Lipinski definition) is 2. The van der Waals surface area contributed by atoms with E-state index in [-0.39, 0.29) is 24.4 Å². The average molecular weight is 392 g/mol. The lowest BCUT2D eigenvalue weighted by atomic mass is 9.84. The summed E-state index contributed by atoms with van der Waals surface area (Å²) >= 11 is 3.37. The molecule has 0 heterocycles.